The number of benzene rings is 2. The highest BCUT2D eigenvalue weighted by Gasteiger charge is 2.38. The van der Waals surface area contributed by atoms with Gasteiger partial charge in [0.15, 0.2) is 0 Å². The number of nitrogen functional groups attached to an aromatic ring is 1. The van der Waals surface area contributed by atoms with Crippen molar-refractivity contribution in [2.75, 3.05) is 11.1 Å². The Hall–Kier alpha value is -3.89. The zero-order valence-corrected chi connectivity index (χ0v) is 16.4. The standard InChI is InChI=1S/C18H17FN4O.C2HF3O2/c1-11-12(2)23(10-21-11)15-6-4-14(5-7-15)22-18(24)13-3-8-16(19)17(20)9-13;3-2(4,5)1(6)7/h3-10H,20H2,1-2H3,(H,22,24);(H,6,7). The van der Waals surface area contributed by atoms with Crippen molar-refractivity contribution < 1.29 is 32.3 Å². The van der Waals surface area contributed by atoms with Gasteiger partial charge in [-0.3, -0.25) is 4.79 Å². The summed E-state index contributed by atoms with van der Waals surface area (Å²) in [7, 11) is 0. The SMILES string of the molecule is Cc1ncn(-c2ccc(NC(=O)c3ccc(F)c(N)c3)cc2)c1C.O=C(O)C(F)(F)F. The molecule has 164 valence electrons. The van der Waals surface area contributed by atoms with E-state index in [4.69, 9.17) is 15.6 Å². The van der Waals surface area contributed by atoms with E-state index in [0.717, 1.165) is 17.1 Å². The highest BCUT2D eigenvalue weighted by molar-refractivity contribution is 6.04. The number of carbonyl (C=O) groups excluding carboxylic acids is 1. The Morgan fingerprint density at radius 3 is 2.13 bits per heavy atom. The Morgan fingerprint density at radius 2 is 1.68 bits per heavy atom. The predicted octanol–water partition coefficient (Wildman–Crippen LogP) is 4.10. The molecule has 0 saturated heterocycles. The number of aromatic nitrogens is 2. The summed E-state index contributed by atoms with van der Waals surface area (Å²) in [6, 6.07) is 11.3. The average Bonchev–Trinajstić information content (AvgIpc) is 3.03. The van der Waals surface area contributed by atoms with Crippen molar-refractivity contribution in [3.63, 3.8) is 0 Å². The molecule has 3 aromatic rings. The van der Waals surface area contributed by atoms with Gasteiger partial charge in [-0.05, 0) is 56.3 Å². The summed E-state index contributed by atoms with van der Waals surface area (Å²) in [4.78, 5) is 25.4. The minimum absolute atomic E-state index is 0.0519. The van der Waals surface area contributed by atoms with E-state index in [-0.39, 0.29) is 11.6 Å². The number of carboxylic acid groups (broad SMARTS) is 1. The van der Waals surface area contributed by atoms with Crippen molar-refractivity contribution in [3.8, 4) is 5.69 Å². The van der Waals surface area contributed by atoms with Gasteiger partial charge in [0, 0.05) is 22.6 Å². The number of aliphatic carboxylic acids is 1. The third-order valence-electron chi connectivity index (χ3n) is 4.16. The fraction of sp³-hybridized carbons (Fsp3) is 0.150. The van der Waals surface area contributed by atoms with Gasteiger partial charge in [-0.2, -0.15) is 13.2 Å². The van der Waals surface area contributed by atoms with Crippen molar-refractivity contribution in [1.29, 1.82) is 0 Å². The van der Waals surface area contributed by atoms with E-state index < -0.39 is 18.0 Å². The number of nitrogens with zero attached hydrogens (tertiary/aromatic N) is 2. The Balaban J connectivity index is 0.000000423. The summed E-state index contributed by atoms with van der Waals surface area (Å²) in [5, 5.41) is 9.89. The number of carboxylic acids is 1. The zero-order chi connectivity index (χ0) is 23.3. The molecule has 0 fully saturated rings. The van der Waals surface area contributed by atoms with Gasteiger partial charge in [0.1, 0.15) is 5.82 Å². The molecule has 0 aliphatic rings. The van der Waals surface area contributed by atoms with Gasteiger partial charge in [-0.15, -0.1) is 0 Å². The highest BCUT2D eigenvalue weighted by atomic mass is 19.4. The average molecular weight is 438 g/mol. The molecule has 0 aliphatic heterocycles. The van der Waals surface area contributed by atoms with Crippen LogP contribution in [-0.2, 0) is 4.79 Å². The quantitative estimate of drug-likeness (QED) is 0.421. The third-order valence-corrected chi connectivity index (χ3v) is 4.16. The number of hydrogen-bond acceptors (Lipinski definition) is 4. The topological polar surface area (TPSA) is 110 Å². The van der Waals surface area contributed by atoms with Crippen LogP contribution in [0.5, 0.6) is 0 Å². The summed E-state index contributed by atoms with van der Waals surface area (Å²) in [6.07, 6.45) is -3.32. The summed E-state index contributed by atoms with van der Waals surface area (Å²) in [5.41, 5.74) is 9.37. The Labute approximate surface area is 174 Å². The number of halogens is 4. The van der Waals surface area contributed by atoms with Gasteiger partial charge < -0.3 is 20.7 Å². The van der Waals surface area contributed by atoms with E-state index in [1.54, 1.807) is 18.5 Å². The maximum absolute atomic E-state index is 13.2. The van der Waals surface area contributed by atoms with Crippen molar-refractivity contribution in [2.24, 2.45) is 0 Å². The van der Waals surface area contributed by atoms with Crippen LogP contribution >= 0.6 is 0 Å². The first kappa shape index (κ1) is 23.4. The maximum Gasteiger partial charge on any atom is 0.490 e. The van der Waals surface area contributed by atoms with E-state index in [0.29, 0.717) is 11.3 Å². The molecular formula is C20H18F4N4O3. The minimum atomic E-state index is -5.08. The van der Waals surface area contributed by atoms with E-state index >= 15 is 0 Å². The first-order valence-corrected chi connectivity index (χ1v) is 8.67. The Morgan fingerprint density at radius 1 is 1.10 bits per heavy atom. The molecule has 0 atom stereocenters. The number of alkyl halides is 3. The molecule has 0 saturated carbocycles. The smallest absolute Gasteiger partial charge is 0.475 e. The lowest BCUT2D eigenvalue weighted by Gasteiger charge is -2.09. The van der Waals surface area contributed by atoms with Gasteiger partial charge in [0.25, 0.3) is 5.91 Å². The number of amides is 1. The number of aryl methyl sites for hydroxylation is 1. The summed E-state index contributed by atoms with van der Waals surface area (Å²) >= 11 is 0. The molecule has 1 aromatic heterocycles. The fourth-order valence-corrected chi connectivity index (χ4v) is 2.35. The van der Waals surface area contributed by atoms with Crippen LogP contribution in [0.2, 0.25) is 0 Å². The fourth-order valence-electron chi connectivity index (χ4n) is 2.35. The first-order chi connectivity index (χ1) is 14.4. The van der Waals surface area contributed by atoms with Crippen molar-refractivity contribution in [3.05, 3.63) is 71.6 Å². The summed E-state index contributed by atoms with van der Waals surface area (Å²) in [6.45, 7) is 3.95. The molecule has 0 radical (unpaired) electrons. The molecule has 11 heteroatoms. The number of nitrogens with one attached hydrogen (secondary N) is 1. The largest absolute Gasteiger partial charge is 0.490 e. The monoisotopic (exact) mass is 438 g/mol. The lowest BCUT2D eigenvalue weighted by molar-refractivity contribution is -0.192. The van der Waals surface area contributed by atoms with Crippen molar-refractivity contribution >= 4 is 23.3 Å². The van der Waals surface area contributed by atoms with Crippen LogP contribution in [0.15, 0.2) is 48.8 Å². The molecule has 0 unspecified atom stereocenters. The zero-order valence-electron chi connectivity index (χ0n) is 16.4. The van der Waals surface area contributed by atoms with E-state index in [1.807, 2.05) is 30.5 Å². The second-order valence-corrected chi connectivity index (χ2v) is 6.33. The molecule has 1 amide bonds. The van der Waals surface area contributed by atoms with Gasteiger partial charge in [0.2, 0.25) is 0 Å². The number of nitrogens with two attached hydrogens (primary N) is 1. The van der Waals surface area contributed by atoms with Crippen molar-refractivity contribution in [1.82, 2.24) is 9.55 Å². The Bertz CT molecular complexity index is 1090. The Kier molecular flexibility index (Phi) is 7.00. The van der Waals surface area contributed by atoms with Crippen LogP contribution in [0, 0.1) is 19.7 Å². The first-order valence-electron chi connectivity index (χ1n) is 8.67. The molecule has 0 aliphatic carbocycles. The molecule has 0 spiro atoms. The second kappa shape index (κ2) is 9.28. The molecule has 0 bridgehead atoms. The predicted molar refractivity (Wildman–Crippen MR) is 105 cm³/mol. The van der Waals surface area contributed by atoms with Crippen LogP contribution in [0.3, 0.4) is 0 Å². The minimum Gasteiger partial charge on any atom is -0.475 e. The number of hydrogen-bond donors (Lipinski definition) is 3. The highest BCUT2D eigenvalue weighted by Crippen LogP contribution is 2.18. The van der Waals surface area contributed by atoms with E-state index in [2.05, 4.69) is 10.3 Å². The van der Waals surface area contributed by atoms with Gasteiger partial charge in [-0.1, -0.05) is 0 Å². The van der Waals surface area contributed by atoms with Crippen LogP contribution in [0.1, 0.15) is 21.7 Å². The lowest BCUT2D eigenvalue weighted by Crippen LogP contribution is -2.21. The van der Waals surface area contributed by atoms with E-state index in [9.17, 15) is 22.4 Å². The maximum atomic E-state index is 13.2. The van der Waals surface area contributed by atoms with Gasteiger partial charge >= 0.3 is 12.1 Å². The third kappa shape index (κ3) is 6.04. The van der Waals surface area contributed by atoms with Gasteiger partial charge in [0.05, 0.1) is 17.7 Å². The second-order valence-electron chi connectivity index (χ2n) is 6.33. The molecule has 3 rings (SSSR count). The van der Waals surface area contributed by atoms with Gasteiger partial charge in [-0.25, -0.2) is 14.2 Å². The van der Waals surface area contributed by atoms with Crippen LogP contribution < -0.4 is 11.1 Å². The number of rotatable bonds is 3. The molecule has 4 N–H and O–H groups in total. The van der Waals surface area contributed by atoms with Crippen LogP contribution in [0.4, 0.5) is 28.9 Å². The number of carbonyl (C=O) groups is 2. The van der Waals surface area contributed by atoms with E-state index in [1.165, 1.54) is 18.2 Å². The molecule has 2 aromatic carbocycles. The number of imidazole rings is 1. The molecule has 31 heavy (non-hydrogen) atoms. The normalized spacial score (nSPS) is 10.8. The molecular weight excluding hydrogens is 420 g/mol. The number of anilines is 2. The molecule has 1 heterocycles. The van der Waals surface area contributed by atoms with Crippen molar-refractivity contribution in [2.45, 2.75) is 20.0 Å². The summed E-state index contributed by atoms with van der Waals surface area (Å²) in [5.74, 6) is -3.64. The lowest BCUT2D eigenvalue weighted by atomic mass is 10.1. The summed E-state index contributed by atoms with van der Waals surface area (Å²) < 4.78 is 46.9. The molecule has 7 nitrogen and oxygen atoms in total. The van der Waals surface area contributed by atoms with Crippen LogP contribution in [-0.4, -0.2) is 32.7 Å². The van der Waals surface area contributed by atoms with Crippen LogP contribution in [0.25, 0.3) is 5.69 Å².